The maximum atomic E-state index is 10.8. The van der Waals surface area contributed by atoms with Gasteiger partial charge in [-0.05, 0) is 48.5 Å². The SMILES string of the molecule is O=C(O)c1ccc(N=Cc2ccc(-c3ccc(Br)cc3)o2)cc1. The first-order valence-corrected chi connectivity index (χ1v) is 7.64. The van der Waals surface area contributed by atoms with Crippen molar-refractivity contribution in [2.75, 3.05) is 0 Å². The van der Waals surface area contributed by atoms with Crippen molar-refractivity contribution in [3.63, 3.8) is 0 Å². The first-order chi connectivity index (χ1) is 11.1. The summed E-state index contributed by atoms with van der Waals surface area (Å²) in [6.07, 6.45) is 1.61. The van der Waals surface area contributed by atoms with Crippen LogP contribution in [0.25, 0.3) is 11.3 Å². The highest BCUT2D eigenvalue weighted by atomic mass is 79.9. The summed E-state index contributed by atoms with van der Waals surface area (Å²) in [5.74, 6) is 0.441. The van der Waals surface area contributed by atoms with E-state index in [-0.39, 0.29) is 5.56 Å². The summed E-state index contributed by atoms with van der Waals surface area (Å²) in [6, 6.07) is 17.9. The summed E-state index contributed by atoms with van der Waals surface area (Å²) < 4.78 is 6.75. The first-order valence-electron chi connectivity index (χ1n) is 6.85. The standard InChI is InChI=1S/C18H12BrNO3/c19-14-5-1-12(2-6-14)17-10-9-16(23-17)11-20-15-7-3-13(4-8-15)18(21)22/h1-11H,(H,21,22). The van der Waals surface area contributed by atoms with E-state index in [4.69, 9.17) is 9.52 Å². The van der Waals surface area contributed by atoms with Crippen LogP contribution in [0.3, 0.4) is 0 Å². The number of hydrogen-bond acceptors (Lipinski definition) is 3. The lowest BCUT2D eigenvalue weighted by Gasteiger charge is -1.97. The molecule has 0 unspecified atom stereocenters. The average Bonchev–Trinajstić information content (AvgIpc) is 3.03. The van der Waals surface area contributed by atoms with E-state index in [0.29, 0.717) is 11.4 Å². The lowest BCUT2D eigenvalue weighted by atomic mass is 10.2. The largest absolute Gasteiger partial charge is 0.478 e. The molecule has 114 valence electrons. The molecule has 0 fully saturated rings. The number of halogens is 1. The maximum absolute atomic E-state index is 10.8. The number of rotatable bonds is 4. The molecular formula is C18H12BrNO3. The number of aromatic carboxylic acids is 1. The lowest BCUT2D eigenvalue weighted by Crippen LogP contribution is -1.94. The van der Waals surface area contributed by atoms with Crippen LogP contribution in [0.1, 0.15) is 16.1 Å². The molecule has 0 aliphatic carbocycles. The number of hydrogen-bond donors (Lipinski definition) is 1. The molecule has 1 aromatic heterocycles. The van der Waals surface area contributed by atoms with E-state index in [9.17, 15) is 4.79 Å². The van der Waals surface area contributed by atoms with Crippen LogP contribution in [0.4, 0.5) is 5.69 Å². The fraction of sp³-hybridized carbons (Fsp3) is 0. The van der Waals surface area contributed by atoms with E-state index in [2.05, 4.69) is 20.9 Å². The Morgan fingerprint density at radius 2 is 1.70 bits per heavy atom. The van der Waals surface area contributed by atoms with Gasteiger partial charge in [-0.25, -0.2) is 4.79 Å². The summed E-state index contributed by atoms with van der Waals surface area (Å²) >= 11 is 3.40. The normalized spacial score (nSPS) is 11.0. The molecule has 0 atom stereocenters. The predicted octanol–water partition coefficient (Wildman–Crippen LogP) is 5.16. The van der Waals surface area contributed by atoms with Crippen LogP contribution in [0.5, 0.6) is 0 Å². The molecule has 23 heavy (non-hydrogen) atoms. The third-order valence-electron chi connectivity index (χ3n) is 3.21. The molecule has 0 bridgehead atoms. The fourth-order valence-corrected chi connectivity index (χ4v) is 2.28. The Morgan fingerprint density at radius 1 is 1.00 bits per heavy atom. The van der Waals surface area contributed by atoms with Crippen molar-refractivity contribution in [2.45, 2.75) is 0 Å². The second-order valence-electron chi connectivity index (χ2n) is 4.82. The topological polar surface area (TPSA) is 62.8 Å². The summed E-state index contributed by atoms with van der Waals surface area (Å²) in [5.41, 5.74) is 1.88. The van der Waals surface area contributed by atoms with Crippen LogP contribution in [0, 0.1) is 0 Å². The Hall–Kier alpha value is -2.66. The van der Waals surface area contributed by atoms with Gasteiger partial charge in [0.2, 0.25) is 0 Å². The van der Waals surface area contributed by atoms with Gasteiger partial charge in [-0.2, -0.15) is 0 Å². The Morgan fingerprint density at radius 3 is 2.35 bits per heavy atom. The van der Waals surface area contributed by atoms with Crippen LogP contribution in [-0.2, 0) is 0 Å². The number of carbonyl (C=O) groups is 1. The van der Waals surface area contributed by atoms with E-state index in [0.717, 1.165) is 15.8 Å². The van der Waals surface area contributed by atoms with Crippen LogP contribution in [0.15, 0.2) is 74.5 Å². The van der Waals surface area contributed by atoms with Gasteiger partial charge in [0.05, 0.1) is 17.5 Å². The lowest BCUT2D eigenvalue weighted by molar-refractivity contribution is 0.0697. The minimum atomic E-state index is -0.953. The number of benzene rings is 2. The van der Waals surface area contributed by atoms with Gasteiger partial charge in [0, 0.05) is 10.0 Å². The molecule has 0 saturated carbocycles. The van der Waals surface area contributed by atoms with Gasteiger partial charge in [-0.15, -0.1) is 0 Å². The Balaban J connectivity index is 1.75. The van der Waals surface area contributed by atoms with Crippen molar-refractivity contribution in [3.05, 3.63) is 76.5 Å². The zero-order valence-electron chi connectivity index (χ0n) is 11.9. The maximum Gasteiger partial charge on any atom is 0.335 e. The van der Waals surface area contributed by atoms with Gasteiger partial charge < -0.3 is 9.52 Å². The molecule has 0 saturated heterocycles. The van der Waals surface area contributed by atoms with Crippen molar-refractivity contribution in [2.24, 2.45) is 4.99 Å². The number of nitrogens with zero attached hydrogens (tertiary/aromatic N) is 1. The number of carboxylic acid groups (broad SMARTS) is 1. The minimum absolute atomic E-state index is 0.236. The highest BCUT2D eigenvalue weighted by Gasteiger charge is 2.04. The second-order valence-corrected chi connectivity index (χ2v) is 5.73. The Labute approximate surface area is 141 Å². The molecule has 5 heteroatoms. The van der Waals surface area contributed by atoms with Crippen LogP contribution < -0.4 is 0 Å². The smallest absolute Gasteiger partial charge is 0.335 e. The van der Waals surface area contributed by atoms with Gasteiger partial charge >= 0.3 is 5.97 Å². The van der Waals surface area contributed by atoms with E-state index in [1.165, 1.54) is 12.1 Å². The Bertz CT molecular complexity index is 849. The molecule has 2 aromatic carbocycles. The number of carboxylic acids is 1. The van der Waals surface area contributed by atoms with Crippen molar-refractivity contribution < 1.29 is 14.3 Å². The zero-order chi connectivity index (χ0) is 16.2. The van der Waals surface area contributed by atoms with Crippen LogP contribution in [-0.4, -0.2) is 17.3 Å². The van der Waals surface area contributed by atoms with E-state index < -0.39 is 5.97 Å². The average molecular weight is 370 g/mol. The van der Waals surface area contributed by atoms with Gasteiger partial charge in [-0.3, -0.25) is 4.99 Å². The van der Waals surface area contributed by atoms with E-state index in [1.54, 1.807) is 18.3 Å². The molecule has 0 aliphatic heterocycles. The molecular weight excluding hydrogens is 358 g/mol. The number of aliphatic imine (C=N–C) groups is 1. The predicted molar refractivity (Wildman–Crippen MR) is 92.5 cm³/mol. The van der Waals surface area contributed by atoms with Crippen molar-refractivity contribution in [1.29, 1.82) is 0 Å². The second kappa shape index (κ2) is 6.62. The highest BCUT2D eigenvalue weighted by Crippen LogP contribution is 2.23. The van der Waals surface area contributed by atoms with E-state index in [1.807, 2.05) is 36.4 Å². The molecule has 0 amide bonds. The molecule has 3 rings (SSSR count). The highest BCUT2D eigenvalue weighted by molar-refractivity contribution is 9.10. The van der Waals surface area contributed by atoms with Gasteiger partial charge in [-0.1, -0.05) is 28.1 Å². The summed E-state index contributed by atoms with van der Waals surface area (Å²) in [4.78, 5) is 15.1. The first kappa shape index (κ1) is 15.2. The molecule has 0 spiro atoms. The van der Waals surface area contributed by atoms with E-state index >= 15 is 0 Å². The van der Waals surface area contributed by atoms with Gasteiger partial charge in [0.15, 0.2) is 0 Å². The van der Waals surface area contributed by atoms with Crippen molar-refractivity contribution in [1.82, 2.24) is 0 Å². The molecule has 1 N–H and O–H groups in total. The summed E-state index contributed by atoms with van der Waals surface area (Å²) in [5, 5.41) is 8.86. The molecule has 0 radical (unpaired) electrons. The summed E-state index contributed by atoms with van der Waals surface area (Å²) in [7, 11) is 0. The molecule has 0 aliphatic rings. The van der Waals surface area contributed by atoms with Crippen molar-refractivity contribution >= 4 is 33.8 Å². The Kier molecular flexibility index (Phi) is 4.39. The summed E-state index contributed by atoms with van der Waals surface area (Å²) in [6.45, 7) is 0. The molecule has 4 nitrogen and oxygen atoms in total. The fourth-order valence-electron chi connectivity index (χ4n) is 2.02. The zero-order valence-corrected chi connectivity index (χ0v) is 13.5. The van der Waals surface area contributed by atoms with Crippen LogP contribution in [0.2, 0.25) is 0 Å². The quantitative estimate of drug-likeness (QED) is 0.646. The van der Waals surface area contributed by atoms with Gasteiger partial charge in [0.1, 0.15) is 11.5 Å². The third kappa shape index (κ3) is 3.76. The minimum Gasteiger partial charge on any atom is -0.478 e. The molecule has 3 aromatic rings. The van der Waals surface area contributed by atoms with Crippen molar-refractivity contribution in [3.8, 4) is 11.3 Å². The van der Waals surface area contributed by atoms with Gasteiger partial charge in [0.25, 0.3) is 0 Å². The van der Waals surface area contributed by atoms with Crippen LogP contribution >= 0.6 is 15.9 Å². The third-order valence-corrected chi connectivity index (χ3v) is 3.74. The monoisotopic (exact) mass is 369 g/mol. The molecule has 1 heterocycles. The number of furan rings is 1.